The highest BCUT2D eigenvalue weighted by Crippen LogP contribution is 2.45. The number of carbonyl (C=O) groups is 4. The monoisotopic (exact) mass is 1490 g/mol. The zero-order valence-electron chi connectivity index (χ0n) is 67.1. The summed E-state index contributed by atoms with van der Waals surface area (Å²) in [6.07, 6.45) is 62.4. The molecule has 0 aromatic rings. The van der Waals surface area contributed by atoms with Crippen molar-refractivity contribution in [1.82, 2.24) is 0 Å². The number of unbranched alkanes of at least 4 members (excludes halogenated alkanes) is 48. The molecule has 3 N–H and O–H groups in total. The molecule has 0 fully saturated rings. The van der Waals surface area contributed by atoms with Crippen molar-refractivity contribution in [3.8, 4) is 0 Å². The maximum absolute atomic E-state index is 13.1. The minimum absolute atomic E-state index is 0.105. The second kappa shape index (κ2) is 73.2. The van der Waals surface area contributed by atoms with Crippen LogP contribution in [0.3, 0.4) is 0 Å². The lowest BCUT2D eigenvalue weighted by Crippen LogP contribution is -2.30. The van der Waals surface area contributed by atoms with Crippen LogP contribution in [0.5, 0.6) is 0 Å². The van der Waals surface area contributed by atoms with E-state index in [1.54, 1.807) is 0 Å². The summed E-state index contributed by atoms with van der Waals surface area (Å²) in [6.45, 7) is 12.0. The molecule has 0 heterocycles. The van der Waals surface area contributed by atoms with Crippen molar-refractivity contribution in [2.24, 2.45) is 17.8 Å². The third kappa shape index (κ3) is 74.9. The van der Waals surface area contributed by atoms with E-state index in [0.717, 1.165) is 108 Å². The van der Waals surface area contributed by atoms with Gasteiger partial charge in [0, 0.05) is 25.7 Å². The minimum Gasteiger partial charge on any atom is -0.462 e. The Kier molecular flexibility index (Phi) is 71.8. The largest absolute Gasteiger partial charge is 0.472 e. The van der Waals surface area contributed by atoms with Gasteiger partial charge in [0.1, 0.15) is 19.3 Å². The Labute approximate surface area is 626 Å². The highest BCUT2D eigenvalue weighted by Gasteiger charge is 2.30. The molecular weight excluding hydrogens is 1330 g/mol. The second-order valence-corrected chi connectivity index (χ2v) is 34.0. The predicted molar refractivity (Wildman–Crippen MR) is 418 cm³/mol. The van der Waals surface area contributed by atoms with Gasteiger partial charge >= 0.3 is 39.5 Å². The van der Waals surface area contributed by atoms with E-state index in [0.29, 0.717) is 25.7 Å². The van der Waals surface area contributed by atoms with Crippen LogP contribution in [0.4, 0.5) is 0 Å². The zero-order valence-corrected chi connectivity index (χ0v) is 68.9. The summed E-state index contributed by atoms with van der Waals surface area (Å²) in [5.74, 6) is 0.280. The van der Waals surface area contributed by atoms with Crippen LogP contribution < -0.4 is 0 Å². The number of hydrogen-bond acceptors (Lipinski definition) is 15. The lowest BCUT2D eigenvalue weighted by Gasteiger charge is -2.21. The number of phosphoric ester groups is 2. The Morgan fingerprint density at radius 2 is 0.500 bits per heavy atom. The molecule has 19 heteroatoms. The maximum Gasteiger partial charge on any atom is 0.472 e. The van der Waals surface area contributed by atoms with Gasteiger partial charge in [-0.3, -0.25) is 37.3 Å². The van der Waals surface area contributed by atoms with Gasteiger partial charge in [-0.05, 0) is 43.4 Å². The second-order valence-electron chi connectivity index (χ2n) is 31.1. The molecule has 0 rings (SSSR count). The van der Waals surface area contributed by atoms with Crippen LogP contribution >= 0.6 is 15.6 Å². The summed E-state index contributed by atoms with van der Waals surface area (Å²) < 4.78 is 68.8. The van der Waals surface area contributed by atoms with E-state index < -0.39 is 97.5 Å². The summed E-state index contributed by atoms with van der Waals surface area (Å²) in [5, 5.41) is 10.7. The molecule has 17 nitrogen and oxygen atoms in total. The number of aliphatic hydroxyl groups is 1. The standard InChI is InChI=1S/C83H162O17P2/c1-8-10-11-12-13-14-15-30-35-43-50-57-64-80(85)94-71-79(100-83(88)67-60-53-46-39-38-42-49-56-63-76(7)9-2)73-98-102(91,92)96-69-77(84)68-95-101(89,90)97-72-78(70-93-81(86)65-58-51-44-36-31-26-23-22-25-29-34-41-48-55-62-75(5)6)99-82(87)66-59-52-45-37-32-27-21-19-17-16-18-20-24-28-33-40-47-54-61-74(3)4/h74-79,84H,8-73H2,1-7H3,(H,89,90)(H,91,92)/t76?,77-,78-,79-/m1/s1. The number of aliphatic hydroxyl groups excluding tert-OH is 1. The Morgan fingerprint density at radius 3 is 0.745 bits per heavy atom. The molecule has 606 valence electrons. The number of esters is 4. The van der Waals surface area contributed by atoms with Crippen molar-refractivity contribution < 1.29 is 80.2 Å². The number of hydrogen-bond donors (Lipinski definition) is 3. The molecule has 0 aliphatic heterocycles. The van der Waals surface area contributed by atoms with Crippen molar-refractivity contribution in [2.45, 2.75) is 452 Å². The van der Waals surface area contributed by atoms with E-state index in [-0.39, 0.29) is 25.7 Å². The van der Waals surface area contributed by atoms with Crippen LogP contribution in [0, 0.1) is 17.8 Å². The number of ether oxygens (including phenoxy) is 4. The molecule has 3 unspecified atom stereocenters. The van der Waals surface area contributed by atoms with Crippen molar-refractivity contribution in [3.05, 3.63) is 0 Å². The molecule has 6 atom stereocenters. The van der Waals surface area contributed by atoms with Gasteiger partial charge in [-0.1, -0.05) is 382 Å². The van der Waals surface area contributed by atoms with Crippen molar-refractivity contribution >= 4 is 39.5 Å². The van der Waals surface area contributed by atoms with Gasteiger partial charge in [-0.2, -0.15) is 0 Å². The Hall–Kier alpha value is -1.94. The van der Waals surface area contributed by atoms with Crippen LogP contribution in [0.25, 0.3) is 0 Å². The first-order valence-electron chi connectivity index (χ1n) is 42.9. The van der Waals surface area contributed by atoms with E-state index in [4.69, 9.17) is 37.0 Å². The van der Waals surface area contributed by atoms with E-state index in [9.17, 15) is 43.2 Å². The number of carbonyl (C=O) groups excluding carboxylic acids is 4. The smallest absolute Gasteiger partial charge is 0.462 e. The van der Waals surface area contributed by atoms with Crippen LogP contribution in [0.15, 0.2) is 0 Å². The van der Waals surface area contributed by atoms with Gasteiger partial charge in [0.2, 0.25) is 0 Å². The molecule has 0 amide bonds. The molecule has 102 heavy (non-hydrogen) atoms. The van der Waals surface area contributed by atoms with Gasteiger partial charge in [0.25, 0.3) is 0 Å². The van der Waals surface area contributed by atoms with E-state index in [1.807, 2.05) is 0 Å². The Balaban J connectivity index is 5.24. The fraction of sp³-hybridized carbons (Fsp3) is 0.952. The molecule has 0 spiro atoms. The average Bonchev–Trinajstić information content (AvgIpc) is 0.924. The van der Waals surface area contributed by atoms with E-state index in [1.165, 1.54) is 244 Å². The molecule has 0 saturated carbocycles. The molecule has 0 radical (unpaired) electrons. The Bertz CT molecular complexity index is 1980. The van der Waals surface area contributed by atoms with E-state index in [2.05, 4.69) is 48.5 Å². The van der Waals surface area contributed by atoms with Crippen LogP contribution in [0.1, 0.15) is 434 Å². The summed E-state index contributed by atoms with van der Waals surface area (Å²) >= 11 is 0. The van der Waals surface area contributed by atoms with Crippen LogP contribution in [-0.4, -0.2) is 96.7 Å². The van der Waals surface area contributed by atoms with Crippen LogP contribution in [-0.2, 0) is 65.4 Å². The van der Waals surface area contributed by atoms with Gasteiger partial charge in [-0.15, -0.1) is 0 Å². The van der Waals surface area contributed by atoms with E-state index >= 15 is 0 Å². The topological polar surface area (TPSA) is 237 Å². The molecule has 0 aromatic carbocycles. The Morgan fingerprint density at radius 1 is 0.284 bits per heavy atom. The highest BCUT2D eigenvalue weighted by molar-refractivity contribution is 7.47. The number of rotatable bonds is 81. The average molecular weight is 1490 g/mol. The fourth-order valence-electron chi connectivity index (χ4n) is 12.8. The van der Waals surface area contributed by atoms with Gasteiger partial charge < -0.3 is 33.8 Å². The van der Waals surface area contributed by atoms with Gasteiger partial charge in [0.15, 0.2) is 12.2 Å². The normalized spacial score (nSPS) is 14.2. The molecule has 0 saturated heterocycles. The first kappa shape index (κ1) is 100. The summed E-state index contributed by atoms with van der Waals surface area (Å²) in [5.41, 5.74) is 0. The van der Waals surface area contributed by atoms with Crippen molar-refractivity contribution in [3.63, 3.8) is 0 Å². The first-order valence-corrected chi connectivity index (χ1v) is 45.9. The van der Waals surface area contributed by atoms with Gasteiger partial charge in [0.05, 0.1) is 26.4 Å². The SMILES string of the molecule is CCCCCCCCCCCCCCC(=O)OC[C@H](COP(=O)(O)OC[C@H](O)COP(=O)(O)OC[C@@H](COC(=O)CCCCCCCCCCCCCCCCC(C)C)OC(=O)CCCCCCCCCCCCCCCCCCCCC(C)C)OC(=O)CCCCCCCCCCC(C)CC. The summed E-state index contributed by atoms with van der Waals surface area (Å²) in [4.78, 5) is 73.1. The first-order chi connectivity index (χ1) is 49.3. The highest BCUT2D eigenvalue weighted by atomic mass is 31.2. The minimum atomic E-state index is -4.96. The van der Waals surface area contributed by atoms with Crippen molar-refractivity contribution in [1.29, 1.82) is 0 Å². The van der Waals surface area contributed by atoms with Crippen molar-refractivity contribution in [2.75, 3.05) is 39.6 Å². The van der Waals surface area contributed by atoms with Gasteiger partial charge in [-0.25, -0.2) is 9.13 Å². The third-order valence-corrected chi connectivity index (χ3v) is 21.6. The molecule has 0 aliphatic rings. The van der Waals surface area contributed by atoms with Crippen LogP contribution in [0.2, 0.25) is 0 Å². The predicted octanol–water partition coefficient (Wildman–Crippen LogP) is 24.9. The maximum atomic E-state index is 13.1. The third-order valence-electron chi connectivity index (χ3n) is 19.7. The molecular formula is C83H162O17P2. The quantitative estimate of drug-likeness (QED) is 0.0222. The molecule has 0 aromatic heterocycles. The molecule has 0 aliphatic carbocycles. The fourth-order valence-corrected chi connectivity index (χ4v) is 14.4. The number of phosphoric acid groups is 2. The summed E-state index contributed by atoms with van der Waals surface area (Å²) in [6, 6.07) is 0. The summed E-state index contributed by atoms with van der Waals surface area (Å²) in [7, 11) is -9.92. The lowest BCUT2D eigenvalue weighted by atomic mass is 9.99. The lowest BCUT2D eigenvalue weighted by molar-refractivity contribution is -0.161. The zero-order chi connectivity index (χ0) is 75.1. The molecule has 0 bridgehead atoms.